The molecule has 1 aromatic heterocycles. The maximum absolute atomic E-state index is 5.92. The summed E-state index contributed by atoms with van der Waals surface area (Å²) < 4.78 is 1.60. The zero-order valence-corrected chi connectivity index (χ0v) is 7.49. The van der Waals surface area contributed by atoms with Gasteiger partial charge in [-0.1, -0.05) is 0 Å². The summed E-state index contributed by atoms with van der Waals surface area (Å²) >= 11 is 5.92. The molecule has 2 rings (SSSR count). The summed E-state index contributed by atoms with van der Waals surface area (Å²) in [5.74, 6) is 0.800. The Bertz CT molecular complexity index is 290. The SMILES string of the molecule is CCN1CN(Cl)c2ncncc21. The zero-order chi connectivity index (χ0) is 8.55. The van der Waals surface area contributed by atoms with Crippen LogP contribution in [0.4, 0.5) is 11.5 Å². The van der Waals surface area contributed by atoms with Gasteiger partial charge in [-0.2, -0.15) is 0 Å². The maximum Gasteiger partial charge on any atom is 0.171 e. The highest BCUT2D eigenvalue weighted by molar-refractivity contribution is 6.27. The van der Waals surface area contributed by atoms with Crippen molar-refractivity contribution in [2.24, 2.45) is 0 Å². The summed E-state index contributed by atoms with van der Waals surface area (Å²) in [4.78, 5) is 10.1. The molecule has 1 aliphatic rings. The second-order valence-corrected chi connectivity index (χ2v) is 3.00. The molecule has 0 saturated carbocycles. The van der Waals surface area contributed by atoms with Gasteiger partial charge >= 0.3 is 0 Å². The Balaban J connectivity index is 2.43. The minimum Gasteiger partial charge on any atom is -0.349 e. The van der Waals surface area contributed by atoms with Crippen LogP contribution in [-0.2, 0) is 0 Å². The fourth-order valence-electron chi connectivity index (χ4n) is 1.29. The van der Waals surface area contributed by atoms with Gasteiger partial charge in [0.05, 0.1) is 6.20 Å². The summed E-state index contributed by atoms with van der Waals surface area (Å²) in [6.45, 7) is 3.68. The molecule has 0 amide bonds. The van der Waals surface area contributed by atoms with Gasteiger partial charge in [0.15, 0.2) is 5.82 Å². The van der Waals surface area contributed by atoms with Gasteiger partial charge in [-0.15, -0.1) is 0 Å². The Morgan fingerprint density at radius 3 is 3.25 bits per heavy atom. The predicted molar refractivity (Wildman–Crippen MR) is 48.3 cm³/mol. The topological polar surface area (TPSA) is 32.3 Å². The molecule has 0 unspecified atom stereocenters. The standard InChI is InChI=1S/C7H9ClN4/c1-2-11-5-12(8)7-6(11)3-9-4-10-7/h3-4H,2,5H2,1H3. The molecule has 0 aliphatic carbocycles. The van der Waals surface area contributed by atoms with Crippen LogP contribution < -0.4 is 9.32 Å². The van der Waals surface area contributed by atoms with Gasteiger partial charge in [0, 0.05) is 18.3 Å². The quantitative estimate of drug-likeness (QED) is 0.615. The van der Waals surface area contributed by atoms with E-state index in [1.54, 1.807) is 10.6 Å². The number of hydrogen-bond donors (Lipinski definition) is 0. The lowest BCUT2D eigenvalue weighted by molar-refractivity contribution is 0.883. The van der Waals surface area contributed by atoms with Crippen molar-refractivity contribution in [2.45, 2.75) is 6.92 Å². The molecule has 1 aromatic rings. The van der Waals surface area contributed by atoms with E-state index < -0.39 is 0 Å². The van der Waals surface area contributed by atoms with Gasteiger partial charge < -0.3 is 4.90 Å². The van der Waals surface area contributed by atoms with E-state index in [0.29, 0.717) is 6.67 Å². The van der Waals surface area contributed by atoms with Crippen LogP contribution in [0.1, 0.15) is 6.92 Å². The maximum atomic E-state index is 5.92. The molecule has 0 atom stereocenters. The van der Waals surface area contributed by atoms with Crippen LogP contribution in [0.5, 0.6) is 0 Å². The first kappa shape index (κ1) is 7.61. The van der Waals surface area contributed by atoms with Crippen LogP contribution in [0.3, 0.4) is 0 Å². The Morgan fingerprint density at radius 2 is 2.50 bits per heavy atom. The molecule has 0 radical (unpaired) electrons. The van der Waals surface area contributed by atoms with Crippen LogP contribution in [0.15, 0.2) is 12.5 Å². The van der Waals surface area contributed by atoms with Crippen molar-refractivity contribution in [3.8, 4) is 0 Å². The van der Waals surface area contributed by atoms with E-state index in [-0.39, 0.29) is 0 Å². The minimum atomic E-state index is 0.687. The smallest absolute Gasteiger partial charge is 0.171 e. The molecule has 0 aromatic carbocycles. The molecule has 0 saturated heterocycles. The van der Waals surface area contributed by atoms with E-state index in [1.165, 1.54) is 6.33 Å². The molecular formula is C7H9ClN4. The molecule has 64 valence electrons. The van der Waals surface area contributed by atoms with E-state index in [2.05, 4.69) is 21.8 Å². The van der Waals surface area contributed by atoms with Crippen LogP contribution >= 0.6 is 11.8 Å². The van der Waals surface area contributed by atoms with Crippen molar-refractivity contribution in [3.05, 3.63) is 12.5 Å². The summed E-state index contributed by atoms with van der Waals surface area (Å²) in [5.41, 5.74) is 1.01. The first-order valence-electron chi connectivity index (χ1n) is 3.81. The minimum absolute atomic E-state index is 0.687. The van der Waals surface area contributed by atoms with E-state index in [1.807, 2.05) is 0 Å². The molecular weight excluding hydrogens is 176 g/mol. The van der Waals surface area contributed by atoms with E-state index in [4.69, 9.17) is 11.8 Å². The first-order valence-corrected chi connectivity index (χ1v) is 4.15. The molecule has 4 nitrogen and oxygen atoms in total. The van der Waals surface area contributed by atoms with Crippen LogP contribution in [-0.4, -0.2) is 23.2 Å². The number of halogens is 1. The molecule has 0 N–H and O–H groups in total. The van der Waals surface area contributed by atoms with Crippen LogP contribution in [0.2, 0.25) is 0 Å². The third kappa shape index (κ3) is 0.992. The fourth-order valence-corrected chi connectivity index (χ4v) is 1.55. The lowest BCUT2D eigenvalue weighted by Crippen LogP contribution is -2.24. The molecule has 5 heteroatoms. The summed E-state index contributed by atoms with van der Waals surface area (Å²) in [7, 11) is 0. The fraction of sp³-hybridized carbons (Fsp3) is 0.429. The average Bonchev–Trinajstić information content (AvgIpc) is 2.44. The molecule has 1 aliphatic heterocycles. The number of anilines is 2. The monoisotopic (exact) mass is 184 g/mol. The second-order valence-electron chi connectivity index (χ2n) is 2.59. The number of rotatable bonds is 1. The van der Waals surface area contributed by atoms with Gasteiger partial charge in [-0.05, 0) is 6.92 Å². The number of fused-ring (bicyclic) bond motifs is 1. The Labute approximate surface area is 75.9 Å². The molecule has 0 fully saturated rings. The molecule has 0 bridgehead atoms. The van der Waals surface area contributed by atoms with E-state index in [0.717, 1.165) is 18.1 Å². The second kappa shape index (κ2) is 2.79. The first-order chi connectivity index (χ1) is 5.83. The summed E-state index contributed by atoms with van der Waals surface area (Å²) in [5, 5.41) is 0. The number of nitrogens with zero attached hydrogens (tertiary/aromatic N) is 4. The molecule has 2 heterocycles. The van der Waals surface area contributed by atoms with Crippen LogP contribution in [0, 0.1) is 0 Å². The number of aromatic nitrogens is 2. The highest BCUT2D eigenvalue weighted by Gasteiger charge is 2.24. The average molecular weight is 185 g/mol. The van der Waals surface area contributed by atoms with E-state index in [9.17, 15) is 0 Å². The highest BCUT2D eigenvalue weighted by atomic mass is 35.5. The lowest BCUT2D eigenvalue weighted by atomic mass is 10.4. The molecule has 0 spiro atoms. The Hall–Kier alpha value is -1.03. The Morgan fingerprint density at radius 1 is 1.67 bits per heavy atom. The predicted octanol–water partition coefficient (Wildman–Crippen LogP) is 1.23. The molecule has 12 heavy (non-hydrogen) atoms. The van der Waals surface area contributed by atoms with Crippen molar-refractivity contribution >= 4 is 23.3 Å². The number of hydrogen-bond acceptors (Lipinski definition) is 4. The van der Waals surface area contributed by atoms with Crippen molar-refractivity contribution < 1.29 is 0 Å². The van der Waals surface area contributed by atoms with Gasteiger partial charge in [0.25, 0.3) is 0 Å². The third-order valence-corrected chi connectivity index (χ3v) is 2.19. The van der Waals surface area contributed by atoms with Gasteiger partial charge in [-0.25, -0.2) is 14.4 Å². The zero-order valence-electron chi connectivity index (χ0n) is 6.74. The summed E-state index contributed by atoms with van der Waals surface area (Å²) in [6.07, 6.45) is 3.29. The normalized spacial score (nSPS) is 15.2. The largest absolute Gasteiger partial charge is 0.349 e. The van der Waals surface area contributed by atoms with Crippen molar-refractivity contribution in [1.82, 2.24) is 9.97 Å². The van der Waals surface area contributed by atoms with Crippen LogP contribution in [0.25, 0.3) is 0 Å². The van der Waals surface area contributed by atoms with Crippen molar-refractivity contribution in [3.63, 3.8) is 0 Å². The highest BCUT2D eigenvalue weighted by Crippen LogP contribution is 2.33. The lowest BCUT2D eigenvalue weighted by Gasteiger charge is -2.13. The van der Waals surface area contributed by atoms with E-state index >= 15 is 0 Å². The van der Waals surface area contributed by atoms with Crippen molar-refractivity contribution in [1.29, 1.82) is 0 Å². The van der Waals surface area contributed by atoms with Gasteiger partial charge in [0.2, 0.25) is 0 Å². The van der Waals surface area contributed by atoms with Gasteiger partial charge in [-0.3, -0.25) is 0 Å². The Kier molecular flexibility index (Phi) is 1.77. The van der Waals surface area contributed by atoms with Gasteiger partial charge in [0.1, 0.15) is 18.7 Å². The third-order valence-electron chi connectivity index (χ3n) is 1.92. The van der Waals surface area contributed by atoms with Crippen molar-refractivity contribution in [2.75, 3.05) is 22.5 Å². The summed E-state index contributed by atoms with van der Waals surface area (Å²) in [6, 6.07) is 0.